The van der Waals surface area contributed by atoms with Crippen molar-refractivity contribution in [3.63, 3.8) is 0 Å². The maximum atomic E-state index is 6.43. The van der Waals surface area contributed by atoms with Gasteiger partial charge in [-0.05, 0) is 110 Å². The Labute approximate surface area is 302 Å². The average molecular weight is 821 g/mol. The fourth-order valence-corrected chi connectivity index (χ4v) is 10.1. The van der Waals surface area contributed by atoms with Crippen LogP contribution in [-0.4, -0.2) is 21.5 Å². The molecule has 3 heterocycles. The Morgan fingerprint density at radius 1 is 0.735 bits per heavy atom. The van der Waals surface area contributed by atoms with Gasteiger partial charge in [0, 0.05) is 49.7 Å². The van der Waals surface area contributed by atoms with Gasteiger partial charge in [-0.2, -0.15) is 18.8 Å². The minimum atomic E-state index is 0. The van der Waals surface area contributed by atoms with E-state index in [1.54, 1.807) is 0 Å². The number of hydrogen-bond acceptors (Lipinski definition) is 4. The van der Waals surface area contributed by atoms with E-state index in [-0.39, 0.29) is 26.5 Å². The number of ether oxygens (including phenoxy) is 1. The number of pyridine rings is 1. The van der Waals surface area contributed by atoms with Gasteiger partial charge in [0.1, 0.15) is 5.82 Å². The van der Waals surface area contributed by atoms with E-state index in [0.717, 1.165) is 39.8 Å². The van der Waals surface area contributed by atoms with E-state index in [0.29, 0.717) is 23.3 Å². The van der Waals surface area contributed by atoms with Crippen LogP contribution in [0.3, 0.4) is 0 Å². The van der Waals surface area contributed by atoms with E-state index < -0.39 is 0 Å². The molecule has 4 aliphatic carbocycles. The quantitative estimate of drug-likeness (QED) is 0.157. The van der Waals surface area contributed by atoms with Crippen LogP contribution in [-0.2, 0) is 26.5 Å². The van der Waals surface area contributed by atoms with Gasteiger partial charge in [-0.3, -0.25) is 0 Å². The molecule has 248 valence electrons. The molecule has 4 saturated carbocycles. The number of benzene rings is 4. The van der Waals surface area contributed by atoms with Crippen LogP contribution in [0, 0.1) is 42.5 Å². The molecule has 0 radical (unpaired) electrons. The topological polar surface area (TPSA) is 33.5 Å². The molecule has 6 heteroatoms. The SMILES string of the molecule is CN1C=CN(c2[c-]c(Oc3[c-]c4c(cc3)c3ccccc3n4-c3cc(C4(c5ccccc5)C5CC6CC(C5)CC4C6)ccn3)ccc2)[CH-]1.[Pt]. The van der Waals surface area contributed by atoms with Crippen LogP contribution in [0.5, 0.6) is 11.5 Å². The van der Waals surface area contributed by atoms with Gasteiger partial charge in [0.2, 0.25) is 0 Å². The molecule has 6 aromatic rings. The maximum Gasteiger partial charge on any atom is 0.135 e. The van der Waals surface area contributed by atoms with Crippen LogP contribution in [0.4, 0.5) is 5.69 Å². The molecular formula is C43H37N4OPt-3. The summed E-state index contributed by atoms with van der Waals surface area (Å²) in [7, 11) is 2.01. The average Bonchev–Trinajstić information content (AvgIpc) is 3.70. The fraction of sp³-hybridized carbons (Fsp3) is 0.256. The zero-order chi connectivity index (χ0) is 31.8. The molecule has 0 atom stereocenters. The van der Waals surface area contributed by atoms with E-state index in [2.05, 4.69) is 89.5 Å². The normalized spacial score (nSPS) is 25.3. The monoisotopic (exact) mass is 820 g/mol. The summed E-state index contributed by atoms with van der Waals surface area (Å²) in [6.07, 6.45) is 12.9. The second kappa shape index (κ2) is 11.9. The number of rotatable bonds is 6. The molecule has 0 spiro atoms. The largest absolute Gasteiger partial charge is 0.510 e. The summed E-state index contributed by atoms with van der Waals surface area (Å²) in [6, 6.07) is 42.0. The van der Waals surface area contributed by atoms with Gasteiger partial charge in [0.15, 0.2) is 0 Å². The first-order valence-electron chi connectivity index (χ1n) is 17.3. The molecule has 0 amide bonds. The van der Waals surface area contributed by atoms with Crippen LogP contribution >= 0.6 is 0 Å². The summed E-state index contributed by atoms with van der Waals surface area (Å²) in [5.41, 5.74) is 5.91. The molecule has 49 heavy (non-hydrogen) atoms. The summed E-state index contributed by atoms with van der Waals surface area (Å²) < 4.78 is 8.72. The van der Waals surface area contributed by atoms with Crippen molar-refractivity contribution in [2.75, 3.05) is 11.9 Å². The van der Waals surface area contributed by atoms with E-state index in [9.17, 15) is 0 Å². The van der Waals surface area contributed by atoms with Crippen molar-refractivity contribution < 1.29 is 25.8 Å². The van der Waals surface area contributed by atoms with Gasteiger partial charge in [-0.1, -0.05) is 54.0 Å². The Kier molecular flexibility index (Phi) is 7.46. The molecule has 0 saturated heterocycles. The zero-order valence-electron chi connectivity index (χ0n) is 27.4. The molecule has 4 aromatic carbocycles. The summed E-state index contributed by atoms with van der Waals surface area (Å²) >= 11 is 0. The Hall–Kier alpha value is -4.34. The molecule has 11 rings (SSSR count). The number of fused-ring (bicyclic) bond motifs is 3. The van der Waals surface area contributed by atoms with Gasteiger partial charge in [-0.25, -0.2) is 4.98 Å². The molecule has 0 N–H and O–H groups in total. The molecule has 4 fully saturated rings. The Morgan fingerprint density at radius 2 is 1.49 bits per heavy atom. The minimum Gasteiger partial charge on any atom is -0.510 e. The predicted octanol–water partition coefficient (Wildman–Crippen LogP) is 9.65. The third kappa shape index (κ3) is 4.88. The number of anilines is 1. The van der Waals surface area contributed by atoms with E-state index in [1.165, 1.54) is 48.6 Å². The third-order valence-electron chi connectivity index (χ3n) is 11.7. The first kappa shape index (κ1) is 30.7. The van der Waals surface area contributed by atoms with Crippen LogP contribution in [0.2, 0.25) is 0 Å². The second-order valence-corrected chi connectivity index (χ2v) is 14.4. The zero-order valence-corrected chi connectivity index (χ0v) is 29.7. The summed E-state index contributed by atoms with van der Waals surface area (Å²) in [6.45, 7) is 2.01. The number of nitrogens with zero attached hydrogens (tertiary/aromatic N) is 4. The number of hydrogen-bond donors (Lipinski definition) is 0. The van der Waals surface area contributed by atoms with E-state index in [1.807, 2.05) is 66.4 Å². The van der Waals surface area contributed by atoms with Crippen molar-refractivity contribution in [3.05, 3.63) is 146 Å². The van der Waals surface area contributed by atoms with Crippen molar-refractivity contribution in [2.45, 2.75) is 37.5 Å². The Balaban J connectivity index is 0.00000325. The summed E-state index contributed by atoms with van der Waals surface area (Å²) in [4.78, 5) is 9.11. The van der Waals surface area contributed by atoms with Crippen LogP contribution in [0.15, 0.2) is 116 Å². The fourth-order valence-electron chi connectivity index (χ4n) is 10.1. The van der Waals surface area contributed by atoms with Crippen LogP contribution in [0.1, 0.15) is 43.2 Å². The third-order valence-corrected chi connectivity index (χ3v) is 11.7. The summed E-state index contributed by atoms with van der Waals surface area (Å²) in [5.74, 6) is 5.34. The van der Waals surface area contributed by atoms with Gasteiger partial charge < -0.3 is 19.1 Å². The standard InChI is InChI=1S/C43H37N4O.Pt/c1-45-18-19-46(28-45)35-10-7-11-36(26-35)48-37-14-15-39-38-12-5-6-13-40(38)47(41(39)27-37)42-25-32(16-17-44-42)43(31-8-3-2-4-9-31)33-21-29-20-30(23-33)24-34(43)22-29;/h2-19,25,28-30,33-34H,20-24H2,1H3;/q-3;. The van der Waals surface area contributed by atoms with Crippen molar-refractivity contribution in [2.24, 2.45) is 23.7 Å². The molecule has 5 aliphatic rings. The van der Waals surface area contributed by atoms with Crippen molar-refractivity contribution in [1.29, 1.82) is 0 Å². The van der Waals surface area contributed by atoms with Gasteiger partial charge in [-0.15, -0.1) is 41.4 Å². The van der Waals surface area contributed by atoms with Crippen molar-refractivity contribution in [1.82, 2.24) is 14.5 Å². The van der Waals surface area contributed by atoms with E-state index in [4.69, 9.17) is 9.72 Å². The smallest absolute Gasteiger partial charge is 0.135 e. The molecule has 1 aliphatic heterocycles. The number of para-hydroxylation sites is 1. The first-order chi connectivity index (χ1) is 23.6. The van der Waals surface area contributed by atoms with Crippen LogP contribution < -0.4 is 9.64 Å². The predicted molar refractivity (Wildman–Crippen MR) is 191 cm³/mol. The molecule has 5 nitrogen and oxygen atoms in total. The minimum absolute atomic E-state index is 0. The van der Waals surface area contributed by atoms with E-state index >= 15 is 0 Å². The van der Waals surface area contributed by atoms with Gasteiger partial charge in [0.05, 0.1) is 0 Å². The Bertz CT molecular complexity index is 2180. The summed E-state index contributed by atoms with van der Waals surface area (Å²) in [5, 5.41) is 2.32. The second-order valence-electron chi connectivity index (χ2n) is 14.4. The first-order valence-corrected chi connectivity index (χ1v) is 17.3. The molecule has 0 unspecified atom stereocenters. The van der Waals surface area contributed by atoms with Crippen molar-refractivity contribution >= 4 is 27.5 Å². The van der Waals surface area contributed by atoms with Gasteiger partial charge in [0.25, 0.3) is 0 Å². The molecule has 2 aromatic heterocycles. The number of aromatic nitrogens is 2. The molecule has 4 bridgehead atoms. The molecular weight excluding hydrogens is 784 g/mol. The van der Waals surface area contributed by atoms with Crippen LogP contribution in [0.25, 0.3) is 27.6 Å². The Morgan fingerprint density at radius 3 is 2.27 bits per heavy atom. The van der Waals surface area contributed by atoms with Crippen molar-refractivity contribution in [3.8, 4) is 17.3 Å². The van der Waals surface area contributed by atoms with Gasteiger partial charge >= 0.3 is 0 Å². The maximum absolute atomic E-state index is 6.43.